The van der Waals surface area contributed by atoms with Crippen molar-refractivity contribution in [3.63, 3.8) is 0 Å². The van der Waals surface area contributed by atoms with E-state index in [0.717, 1.165) is 56.3 Å². The van der Waals surface area contributed by atoms with Gasteiger partial charge in [0, 0.05) is 25.8 Å². The highest BCUT2D eigenvalue weighted by Crippen LogP contribution is 2.23. The first-order valence-corrected chi connectivity index (χ1v) is 9.57. The number of fused-ring (bicyclic) bond motifs is 1. The summed E-state index contributed by atoms with van der Waals surface area (Å²) in [4.78, 5) is 8.94. The molecule has 0 aromatic carbocycles. The third-order valence-electron chi connectivity index (χ3n) is 5.10. The summed E-state index contributed by atoms with van der Waals surface area (Å²) in [6.45, 7) is 6.83. The first kappa shape index (κ1) is 17.2. The summed E-state index contributed by atoms with van der Waals surface area (Å²) in [7, 11) is 0. The quantitative estimate of drug-likeness (QED) is 0.819. The number of nitrogens with zero attached hydrogens (tertiary/aromatic N) is 5. The molecule has 2 N–H and O–H groups in total. The standard InChI is InChI=1S/C18H27N7O/c1-12(2)17-13(5-4-10-26-17)21-14-7-8-19-18(22-14)20-11-16-24-23-15-6-3-9-25(15)16/h7-8,12-13,17H,3-6,9-11H2,1-2H3,(H2,19,20,21,22)/t13-,17-/m0/s1. The van der Waals surface area contributed by atoms with Crippen molar-refractivity contribution in [2.45, 2.75) is 64.8 Å². The summed E-state index contributed by atoms with van der Waals surface area (Å²) in [6.07, 6.45) is 6.34. The normalized spacial score (nSPS) is 22.4. The fraction of sp³-hybridized carbons (Fsp3) is 0.667. The van der Waals surface area contributed by atoms with E-state index in [1.54, 1.807) is 6.20 Å². The Morgan fingerprint density at radius 2 is 2.23 bits per heavy atom. The van der Waals surface area contributed by atoms with Gasteiger partial charge in [0.1, 0.15) is 11.6 Å². The lowest BCUT2D eigenvalue weighted by atomic mass is 9.94. The third-order valence-corrected chi connectivity index (χ3v) is 5.10. The number of aryl methyl sites for hydroxylation is 1. The molecule has 2 aliphatic rings. The molecule has 0 spiro atoms. The largest absolute Gasteiger partial charge is 0.376 e. The van der Waals surface area contributed by atoms with Crippen LogP contribution in [0, 0.1) is 5.92 Å². The van der Waals surface area contributed by atoms with E-state index in [1.165, 1.54) is 0 Å². The average molecular weight is 357 g/mol. The van der Waals surface area contributed by atoms with E-state index < -0.39 is 0 Å². The van der Waals surface area contributed by atoms with Crippen molar-refractivity contribution in [3.8, 4) is 0 Å². The van der Waals surface area contributed by atoms with Gasteiger partial charge in [-0.3, -0.25) is 0 Å². The van der Waals surface area contributed by atoms with E-state index in [-0.39, 0.29) is 12.1 Å². The molecule has 0 bridgehead atoms. The Bertz CT molecular complexity index is 745. The van der Waals surface area contributed by atoms with Crippen LogP contribution in [0.2, 0.25) is 0 Å². The van der Waals surface area contributed by atoms with Crippen molar-refractivity contribution in [3.05, 3.63) is 23.9 Å². The summed E-state index contributed by atoms with van der Waals surface area (Å²) in [6, 6.07) is 2.19. The minimum atomic E-state index is 0.216. The van der Waals surface area contributed by atoms with Crippen LogP contribution in [0.5, 0.6) is 0 Å². The van der Waals surface area contributed by atoms with Crippen LogP contribution in [0.1, 0.15) is 44.8 Å². The van der Waals surface area contributed by atoms with Gasteiger partial charge in [0.25, 0.3) is 0 Å². The predicted octanol–water partition coefficient (Wildman–Crippen LogP) is 2.24. The van der Waals surface area contributed by atoms with Gasteiger partial charge >= 0.3 is 0 Å². The SMILES string of the molecule is CC(C)[C@@H]1OCCC[C@@H]1Nc1ccnc(NCc2nnc3n2CCC3)n1. The monoisotopic (exact) mass is 357 g/mol. The van der Waals surface area contributed by atoms with Crippen molar-refractivity contribution < 1.29 is 4.74 Å². The smallest absolute Gasteiger partial charge is 0.224 e. The van der Waals surface area contributed by atoms with E-state index in [1.807, 2.05) is 6.07 Å². The van der Waals surface area contributed by atoms with Gasteiger partial charge < -0.3 is 19.9 Å². The fourth-order valence-corrected chi connectivity index (χ4v) is 3.83. The van der Waals surface area contributed by atoms with Gasteiger partial charge in [-0.2, -0.15) is 4.98 Å². The van der Waals surface area contributed by atoms with Crippen LogP contribution in [0.25, 0.3) is 0 Å². The molecule has 2 aromatic rings. The average Bonchev–Trinajstić information content (AvgIpc) is 3.25. The molecule has 2 atom stereocenters. The lowest BCUT2D eigenvalue weighted by Crippen LogP contribution is -2.43. The fourth-order valence-electron chi connectivity index (χ4n) is 3.83. The van der Waals surface area contributed by atoms with Gasteiger partial charge in [-0.05, 0) is 31.2 Å². The van der Waals surface area contributed by atoms with Gasteiger partial charge in [-0.1, -0.05) is 13.8 Å². The van der Waals surface area contributed by atoms with Crippen molar-refractivity contribution >= 4 is 11.8 Å². The number of nitrogens with one attached hydrogen (secondary N) is 2. The van der Waals surface area contributed by atoms with Crippen LogP contribution >= 0.6 is 0 Å². The van der Waals surface area contributed by atoms with Gasteiger partial charge in [0.15, 0.2) is 5.82 Å². The van der Waals surface area contributed by atoms with E-state index in [9.17, 15) is 0 Å². The highest BCUT2D eigenvalue weighted by Gasteiger charge is 2.28. The Kier molecular flexibility index (Phi) is 5.01. The lowest BCUT2D eigenvalue weighted by molar-refractivity contribution is -0.0203. The zero-order chi connectivity index (χ0) is 17.9. The Labute approximate surface area is 153 Å². The van der Waals surface area contributed by atoms with Crippen LogP contribution in [0.3, 0.4) is 0 Å². The minimum absolute atomic E-state index is 0.216. The van der Waals surface area contributed by atoms with Crippen LogP contribution in [-0.2, 0) is 24.2 Å². The van der Waals surface area contributed by atoms with Gasteiger partial charge in [-0.15, -0.1) is 10.2 Å². The zero-order valence-corrected chi connectivity index (χ0v) is 15.5. The predicted molar refractivity (Wildman–Crippen MR) is 98.9 cm³/mol. The zero-order valence-electron chi connectivity index (χ0n) is 15.5. The summed E-state index contributed by atoms with van der Waals surface area (Å²) in [5.41, 5.74) is 0. The highest BCUT2D eigenvalue weighted by atomic mass is 16.5. The number of aromatic nitrogens is 5. The Morgan fingerprint density at radius 3 is 3.12 bits per heavy atom. The molecule has 8 heteroatoms. The molecule has 8 nitrogen and oxygen atoms in total. The van der Waals surface area contributed by atoms with Crippen LogP contribution < -0.4 is 10.6 Å². The van der Waals surface area contributed by atoms with Crippen molar-refractivity contribution in [1.82, 2.24) is 24.7 Å². The molecule has 4 rings (SSSR count). The van der Waals surface area contributed by atoms with Gasteiger partial charge in [0.2, 0.25) is 5.95 Å². The summed E-state index contributed by atoms with van der Waals surface area (Å²) in [5.74, 6) is 3.93. The molecule has 0 amide bonds. The van der Waals surface area contributed by atoms with Crippen LogP contribution in [0.4, 0.5) is 11.8 Å². The first-order valence-electron chi connectivity index (χ1n) is 9.57. The van der Waals surface area contributed by atoms with Gasteiger partial charge in [-0.25, -0.2) is 4.98 Å². The topological polar surface area (TPSA) is 89.8 Å². The molecular formula is C18H27N7O. The molecule has 140 valence electrons. The number of ether oxygens (including phenoxy) is 1. The minimum Gasteiger partial charge on any atom is -0.376 e. The first-order chi connectivity index (χ1) is 12.7. The van der Waals surface area contributed by atoms with Crippen LogP contribution in [-0.4, -0.2) is 43.5 Å². The van der Waals surface area contributed by atoms with E-state index in [0.29, 0.717) is 18.4 Å². The number of hydrogen-bond acceptors (Lipinski definition) is 7. The molecule has 1 saturated heterocycles. The molecule has 2 aliphatic heterocycles. The third kappa shape index (κ3) is 3.65. The maximum Gasteiger partial charge on any atom is 0.224 e. The maximum absolute atomic E-state index is 5.95. The molecule has 0 saturated carbocycles. The van der Waals surface area contributed by atoms with Crippen LogP contribution in [0.15, 0.2) is 12.3 Å². The van der Waals surface area contributed by atoms with Crippen molar-refractivity contribution in [1.29, 1.82) is 0 Å². The molecule has 0 aliphatic carbocycles. The second-order valence-electron chi connectivity index (χ2n) is 7.38. The molecule has 0 unspecified atom stereocenters. The van der Waals surface area contributed by atoms with E-state index in [2.05, 4.69) is 49.2 Å². The molecule has 4 heterocycles. The molecule has 0 radical (unpaired) electrons. The van der Waals surface area contributed by atoms with Gasteiger partial charge in [0.05, 0.1) is 18.7 Å². The number of hydrogen-bond donors (Lipinski definition) is 2. The summed E-state index contributed by atoms with van der Waals surface area (Å²) < 4.78 is 8.14. The van der Waals surface area contributed by atoms with E-state index in [4.69, 9.17) is 4.74 Å². The maximum atomic E-state index is 5.95. The molecule has 1 fully saturated rings. The van der Waals surface area contributed by atoms with Crippen molar-refractivity contribution in [2.75, 3.05) is 17.2 Å². The van der Waals surface area contributed by atoms with E-state index >= 15 is 0 Å². The van der Waals surface area contributed by atoms with Crippen molar-refractivity contribution in [2.24, 2.45) is 5.92 Å². The Balaban J connectivity index is 1.40. The lowest BCUT2D eigenvalue weighted by Gasteiger charge is -2.35. The second-order valence-corrected chi connectivity index (χ2v) is 7.38. The Hall–Kier alpha value is -2.22. The molecular weight excluding hydrogens is 330 g/mol. The second kappa shape index (κ2) is 7.57. The summed E-state index contributed by atoms with van der Waals surface area (Å²) >= 11 is 0. The molecule has 2 aromatic heterocycles. The Morgan fingerprint density at radius 1 is 1.31 bits per heavy atom. The summed E-state index contributed by atoms with van der Waals surface area (Å²) in [5, 5.41) is 15.3. The molecule has 26 heavy (non-hydrogen) atoms. The number of rotatable bonds is 6. The highest BCUT2D eigenvalue weighted by molar-refractivity contribution is 5.40. The number of anilines is 2.